The Bertz CT molecular complexity index is 790. The van der Waals surface area contributed by atoms with Gasteiger partial charge in [-0.2, -0.15) is 4.98 Å². The summed E-state index contributed by atoms with van der Waals surface area (Å²) in [6, 6.07) is 10.9. The number of anilines is 2. The Morgan fingerprint density at radius 3 is 2.83 bits per heavy atom. The molecule has 24 heavy (non-hydrogen) atoms. The van der Waals surface area contributed by atoms with Gasteiger partial charge in [-0.3, -0.25) is 0 Å². The van der Waals surface area contributed by atoms with Crippen molar-refractivity contribution < 1.29 is 4.42 Å². The molecule has 124 valence electrons. The van der Waals surface area contributed by atoms with Crippen LogP contribution >= 0.6 is 0 Å². The van der Waals surface area contributed by atoms with Crippen LogP contribution in [0.2, 0.25) is 0 Å². The van der Waals surface area contributed by atoms with Gasteiger partial charge < -0.3 is 14.6 Å². The predicted molar refractivity (Wildman–Crippen MR) is 94.3 cm³/mol. The lowest BCUT2D eigenvalue weighted by Crippen LogP contribution is -2.39. The highest BCUT2D eigenvalue weighted by molar-refractivity contribution is 5.74. The summed E-state index contributed by atoms with van der Waals surface area (Å²) in [7, 11) is 0. The minimum absolute atomic E-state index is 0.377. The first-order valence-electron chi connectivity index (χ1n) is 8.50. The molecule has 4 rings (SSSR count). The molecule has 0 atom stereocenters. The molecule has 0 spiro atoms. The largest absolute Gasteiger partial charge is 0.424 e. The second kappa shape index (κ2) is 6.47. The van der Waals surface area contributed by atoms with Gasteiger partial charge in [-0.15, -0.1) is 0 Å². The minimum atomic E-state index is 0.377. The second-order valence-electron chi connectivity index (χ2n) is 6.11. The van der Waals surface area contributed by atoms with Crippen molar-refractivity contribution in [3.05, 3.63) is 42.4 Å². The molecule has 2 aromatic heterocycles. The third kappa shape index (κ3) is 3.04. The first-order valence-corrected chi connectivity index (χ1v) is 8.50. The molecule has 1 aliphatic heterocycles. The molecule has 0 aliphatic carbocycles. The quantitative estimate of drug-likeness (QED) is 0.795. The molecule has 1 fully saturated rings. The summed E-state index contributed by atoms with van der Waals surface area (Å²) in [6.07, 6.45) is 4.66. The van der Waals surface area contributed by atoms with Crippen molar-refractivity contribution in [2.24, 2.45) is 0 Å². The second-order valence-corrected chi connectivity index (χ2v) is 6.11. The average Bonchev–Trinajstić information content (AvgIpc) is 3.04. The van der Waals surface area contributed by atoms with Gasteiger partial charge in [0.2, 0.25) is 0 Å². The van der Waals surface area contributed by atoms with E-state index in [9.17, 15) is 0 Å². The topological polar surface area (TPSA) is 67.1 Å². The molecule has 0 amide bonds. The number of nitrogens with zero attached hydrogens (tertiary/aromatic N) is 4. The molecule has 6 nitrogen and oxygen atoms in total. The molecular weight excluding hydrogens is 302 g/mol. The van der Waals surface area contributed by atoms with E-state index in [0.29, 0.717) is 12.1 Å². The number of aryl methyl sites for hydroxylation is 1. The Labute approximate surface area is 140 Å². The fourth-order valence-electron chi connectivity index (χ4n) is 3.11. The Morgan fingerprint density at radius 2 is 2.04 bits per heavy atom. The lowest BCUT2D eigenvalue weighted by atomic mass is 10.1. The lowest BCUT2D eigenvalue weighted by molar-refractivity contribution is 0.503. The highest BCUT2D eigenvalue weighted by atomic mass is 16.4. The van der Waals surface area contributed by atoms with Gasteiger partial charge in [-0.25, -0.2) is 9.97 Å². The molecule has 1 N–H and O–H groups in total. The number of rotatable bonds is 4. The minimum Gasteiger partial charge on any atom is -0.424 e. The zero-order chi connectivity index (χ0) is 16.4. The molecule has 1 aliphatic rings. The van der Waals surface area contributed by atoms with Crippen molar-refractivity contribution >= 4 is 22.9 Å². The monoisotopic (exact) mass is 323 g/mol. The molecule has 6 heteroatoms. The Kier molecular flexibility index (Phi) is 4.02. The number of piperidine rings is 1. The predicted octanol–water partition coefficient (Wildman–Crippen LogP) is 3.26. The molecule has 0 bridgehead atoms. The summed E-state index contributed by atoms with van der Waals surface area (Å²) in [6.45, 7) is 4.05. The zero-order valence-electron chi connectivity index (χ0n) is 13.8. The number of hydrogen-bond donors (Lipinski definition) is 1. The van der Waals surface area contributed by atoms with E-state index in [1.807, 2.05) is 24.3 Å². The van der Waals surface area contributed by atoms with Crippen LogP contribution in [0.25, 0.3) is 11.1 Å². The van der Waals surface area contributed by atoms with E-state index in [1.54, 1.807) is 6.33 Å². The average molecular weight is 323 g/mol. The van der Waals surface area contributed by atoms with Gasteiger partial charge >= 0.3 is 0 Å². The van der Waals surface area contributed by atoms with Crippen LogP contribution in [0.15, 0.2) is 41.1 Å². The standard InChI is InChI=1S/C18H21N5O/c1-2-13-11-17(20-12-19-13)23-9-7-14(8-10-23)21-18-22-15-5-3-4-6-16(15)24-18/h3-6,11-12,14H,2,7-10H2,1H3,(H,21,22). The van der Waals surface area contributed by atoms with Gasteiger partial charge in [0.25, 0.3) is 6.01 Å². The first kappa shape index (κ1) is 14.9. The van der Waals surface area contributed by atoms with Gasteiger partial charge in [0.05, 0.1) is 0 Å². The van der Waals surface area contributed by atoms with E-state index in [2.05, 4.69) is 38.2 Å². The van der Waals surface area contributed by atoms with E-state index in [1.165, 1.54) is 0 Å². The number of nitrogens with one attached hydrogen (secondary N) is 1. The zero-order valence-corrected chi connectivity index (χ0v) is 13.8. The van der Waals surface area contributed by atoms with Gasteiger partial charge in [0.15, 0.2) is 5.58 Å². The van der Waals surface area contributed by atoms with E-state index in [0.717, 1.165) is 55.0 Å². The summed E-state index contributed by atoms with van der Waals surface area (Å²) >= 11 is 0. The third-order valence-corrected chi connectivity index (χ3v) is 4.51. The highest BCUT2D eigenvalue weighted by Gasteiger charge is 2.21. The van der Waals surface area contributed by atoms with Gasteiger partial charge in [0, 0.05) is 30.9 Å². The molecule has 0 saturated carbocycles. The van der Waals surface area contributed by atoms with Crippen LogP contribution in [-0.4, -0.2) is 34.1 Å². The van der Waals surface area contributed by atoms with Crippen LogP contribution in [0.4, 0.5) is 11.8 Å². The van der Waals surface area contributed by atoms with Gasteiger partial charge in [-0.1, -0.05) is 19.1 Å². The van der Waals surface area contributed by atoms with Crippen molar-refractivity contribution in [1.29, 1.82) is 0 Å². The van der Waals surface area contributed by atoms with E-state index in [-0.39, 0.29) is 0 Å². The fourth-order valence-corrected chi connectivity index (χ4v) is 3.11. The number of benzene rings is 1. The van der Waals surface area contributed by atoms with Crippen LogP contribution in [0.3, 0.4) is 0 Å². The number of para-hydroxylation sites is 2. The van der Waals surface area contributed by atoms with Crippen molar-refractivity contribution in [3.8, 4) is 0 Å². The van der Waals surface area contributed by atoms with Crippen molar-refractivity contribution in [2.75, 3.05) is 23.3 Å². The van der Waals surface area contributed by atoms with Crippen molar-refractivity contribution in [3.63, 3.8) is 0 Å². The highest BCUT2D eigenvalue weighted by Crippen LogP contribution is 2.23. The van der Waals surface area contributed by atoms with Crippen LogP contribution < -0.4 is 10.2 Å². The molecule has 1 saturated heterocycles. The maximum absolute atomic E-state index is 5.76. The third-order valence-electron chi connectivity index (χ3n) is 4.51. The first-order chi connectivity index (χ1) is 11.8. The molecule has 1 aromatic carbocycles. The molecule has 3 heterocycles. The Hall–Kier alpha value is -2.63. The SMILES string of the molecule is CCc1cc(N2CCC(Nc3nc4ccccc4o3)CC2)ncn1. The number of aromatic nitrogens is 3. The van der Waals surface area contributed by atoms with Gasteiger partial charge in [0.1, 0.15) is 17.7 Å². The summed E-state index contributed by atoms with van der Waals surface area (Å²) in [4.78, 5) is 15.5. The molecule has 3 aromatic rings. The summed E-state index contributed by atoms with van der Waals surface area (Å²) in [5.41, 5.74) is 2.81. The number of oxazole rings is 1. The van der Waals surface area contributed by atoms with Gasteiger partial charge in [-0.05, 0) is 31.4 Å². The van der Waals surface area contributed by atoms with Crippen LogP contribution in [0, 0.1) is 0 Å². The maximum atomic E-state index is 5.76. The molecule has 0 radical (unpaired) electrons. The summed E-state index contributed by atoms with van der Waals surface area (Å²) in [5, 5.41) is 3.43. The van der Waals surface area contributed by atoms with E-state index >= 15 is 0 Å². The maximum Gasteiger partial charge on any atom is 0.295 e. The van der Waals surface area contributed by atoms with Crippen molar-refractivity contribution in [2.45, 2.75) is 32.2 Å². The number of hydrogen-bond acceptors (Lipinski definition) is 6. The molecular formula is C18H21N5O. The summed E-state index contributed by atoms with van der Waals surface area (Å²) in [5.74, 6) is 1.03. The van der Waals surface area contributed by atoms with Crippen LogP contribution in [-0.2, 0) is 6.42 Å². The smallest absolute Gasteiger partial charge is 0.295 e. The summed E-state index contributed by atoms with van der Waals surface area (Å²) < 4.78 is 5.76. The normalized spacial score (nSPS) is 15.8. The van der Waals surface area contributed by atoms with Crippen molar-refractivity contribution in [1.82, 2.24) is 15.0 Å². The molecule has 0 unspecified atom stereocenters. The lowest BCUT2D eigenvalue weighted by Gasteiger charge is -2.32. The van der Waals surface area contributed by atoms with E-state index in [4.69, 9.17) is 4.42 Å². The fraction of sp³-hybridized carbons (Fsp3) is 0.389. The Morgan fingerprint density at radius 1 is 1.21 bits per heavy atom. The van der Waals surface area contributed by atoms with E-state index < -0.39 is 0 Å². The van der Waals surface area contributed by atoms with Crippen LogP contribution in [0.5, 0.6) is 0 Å². The van der Waals surface area contributed by atoms with Crippen LogP contribution in [0.1, 0.15) is 25.5 Å². The Balaban J connectivity index is 1.38. The number of fused-ring (bicyclic) bond motifs is 1.